The number of aromatic nitrogens is 2. The van der Waals surface area contributed by atoms with Crippen LogP contribution in [-0.4, -0.2) is 27.7 Å². The molecular weight excluding hydrogens is 376 g/mol. The van der Waals surface area contributed by atoms with Crippen molar-refractivity contribution in [2.45, 2.75) is 6.92 Å². The minimum absolute atomic E-state index is 0.0286. The molecule has 0 bridgehead atoms. The van der Waals surface area contributed by atoms with Gasteiger partial charge in [-0.3, -0.25) is 4.79 Å². The number of aromatic amines is 1. The van der Waals surface area contributed by atoms with E-state index in [4.69, 9.17) is 27.2 Å². The van der Waals surface area contributed by atoms with Gasteiger partial charge in [-0.15, -0.1) is 0 Å². The first-order valence-corrected chi connectivity index (χ1v) is 8.62. The van der Waals surface area contributed by atoms with Gasteiger partial charge < -0.3 is 31.7 Å². The fourth-order valence-electron chi connectivity index (χ4n) is 2.83. The smallest absolute Gasteiger partial charge is 0.337 e. The van der Waals surface area contributed by atoms with Crippen molar-refractivity contribution in [3.63, 3.8) is 0 Å². The standard InChI is InChI=1S/C19H20N6O4/c1-2-29-14-8-10(9-3-5-11(19(27)28)13(20)7-9)4-6-12(14)16-23-17(25-22)15(21)18(26)24-16/h3-8H,2,20-22H2,1H3,(H,27,28)(H2,23,24,25,26). The van der Waals surface area contributed by atoms with Crippen molar-refractivity contribution < 1.29 is 14.6 Å². The lowest BCUT2D eigenvalue weighted by atomic mass is 10.00. The summed E-state index contributed by atoms with van der Waals surface area (Å²) in [6, 6.07) is 9.92. The second-order valence-corrected chi connectivity index (χ2v) is 6.07. The van der Waals surface area contributed by atoms with Crippen molar-refractivity contribution in [2.24, 2.45) is 5.84 Å². The maximum Gasteiger partial charge on any atom is 0.337 e. The summed E-state index contributed by atoms with van der Waals surface area (Å²) in [4.78, 5) is 30.0. The molecule has 3 aromatic rings. The Hall–Kier alpha value is -4.05. The average molecular weight is 396 g/mol. The largest absolute Gasteiger partial charge is 0.493 e. The predicted octanol–water partition coefficient (Wildman–Crippen LogP) is 1.65. The lowest BCUT2D eigenvalue weighted by Crippen LogP contribution is -2.20. The molecule has 29 heavy (non-hydrogen) atoms. The number of nitrogens with zero attached hydrogens (tertiary/aromatic N) is 1. The van der Waals surface area contributed by atoms with Crippen molar-refractivity contribution >= 4 is 23.2 Å². The minimum atomic E-state index is -1.10. The van der Waals surface area contributed by atoms with Crippen LogP contribution in [0.15, 0.2) is 41.2 Å². The van der Waals surface area contributed by atoms with Gasteiger partial charge in [-0.1, -0.05) is 12.1 Å². The number of anilines is 3. The fraction of sp³-hybridized carbons (Fsp3) is 0.105. The molecule has 0 saturated carbocycles. The zero-order chi connectivity index (χ0) is 21.1. The molecule has 0 saturated heterocycles. The van der Waals surface area contributed by atoms with E-state index in [1.165, 1.54) is 6.07 Å². The highest BCUT2D eigenvalue weighted by molar-refractivity contribution is 5.95. The zero-order valence-corrected chi connectivity index (χ0v) is 15.5. The predicted molar refractivity (Wildman–Crippen MR) is 110 cm³/mol. The molecule has 2 aromatic carbocycles. The number of nitrogens with one attached hydrogen (secondary N) is 2. The van der Waals surface area contributed by atoms with E-state index in [0.717, 1.165) is 5.56 Å². The second-order valence-electron chi connectivity index (χ2n) is 6.07. The summed E-state index contributed by atoms with van der Waals surface area (Å²) in [5.74, 6) is 5.02. The van der Waals surface area contributed by atoms with E-state index in [1.807, 2.05) is 6.92 Å². The molecule has 0 atom stereocenters. The van der Waals surface area contributed by atoms with Gasteiger partial charge in [0.2, 0.25) is 0 Å². The minimum Gasteiger partial charge on any atom is -0.493 e. The van der Waals surface area contributed by atoms with Gasteiger partial charge in [0.1, 0.15) is 17.3 Å². The maximum atomic E-state index is 12.1. The summed E-state index contributed by atoms with van der Waals surface area (Å²) in [7, 11) is 0. The molecule has 0 aliphatic carbocycles. The lowest BCUT2D eigenvalue weighted by Gasteiger charge is -2.14. The molecule has 0 aliphatic rings. The zero-order valence-electron chi connectivity index (χ0n) is 15.5. The molecule has 10 nitrogen and oxygen atoms in total. The van der Waals surface area contributed by atoms with E-state index in [1.54, 1.807) is 30.3 Å². The molecule has 0 fully saturated rings. The van der Waals surface area contributed by atoms with E-state index in [2.05, 4.69) is 15.4 Å². The molecule has 1 heterocycles. The third-order valence-corrected chi connectivity index (χ3v) is 4.24. The Morgan fingerprint density at radius 2 is 1.90 bits per heavy atom. The van der Waals surface area contributed by atoms with Crippen LogP contribution in [0.5, 0.6) is 5.75 Å². The lowest BCUT2D eigenvalue weighted by molar-refractivity contribution is 0.0698. The normalized spacial score (nSPS) is 10.6. The molecule has 0 radical (unpaired) electrons. The fourth-order valence-corrected chi connectivity index (χ4v) is 2.83. The third-order valence-electron chi connectivity index (χ3n) is 4.24. The highest BCUT2D eigenvalue weighted by Gasteiger charge is 2.15. The Balaban J connectivity index is 2.11. The molecule has 0 aliphatic heterocycles. The van der Waals surface area contributed by atoms with Crippen LogP contribution < -0.4 is 33.0 Å². The van der Waals surface area contributed by atoms with Gasteiger partial charge in [0.15, 0.2) is 5.82 Å². The van der Waals surface area contributed by atoms with Gasteiger partial charge in [-0.2, -0.15) is 0 Å². The van der Waals surface area contributed by atoms with Crippen molar-refractivity contribution in [1.29, 1.82) is 0 Å². The third kappa shape index (κ3) is 3.82. The molecule has 150 valence electrons. The number of ether oxygens (including phenoxy) is 1. The number of H-pyrrole nitrogens is 1. The number of hydrogen-bond donors (Lipinski definition) is 6. The van der Waals surface area contributed by atoms with E-state index < -0.39 is 11.5 Å². The van der Waals surface area contributed by atoms with Crippen molar-refractivity contribution in [3.8, 4) is 28.3 Å². The first kappa shape index (κ1) is 19.7. The van der Waals surface area contributed by atoms with Gasteiger partial charge >= 0.3 is 5.97 Å². The summed E-state index contributed by atoms with van der Waals surface area (Å²) in [5, 5.41) is 9.13. The first-order chi connectivity index (χ1) is 13.8. The first-order valence-electron chi connectivity index (χ1n) is 8.62. The number of nitrogens with two attached hydrogens (primary N) is 3. The highest BCUT2D eigenvalue weighted by Crippen LogP contribution is 2.34. The SMILES string of the molecule is CCOc1cc(-c2ccc(C(=O)O)c(N)c2)ccc1-c1nc(NN)c(N)c(=O)[nH]1. The number of rotatable bonds is 6. The average Bonchev–Trinajstić information content (AvgIpc) is 2.70. The molecular formula is C19H20N6O4. The van der Waals surface area contributed by atoms with Crippen LogP contribution in [-0.2, 0) is 0 Å². The van der Waals surface area contributed by atoms with Crippen molar-refractivity contribution in [2.75, 3.05) is 23.5 Å². The number of benzene rings is 2. The van der Waals surface area contributed by atoms with Crippen LogP contribution in [0.25, 0.3) is 22.5 Å². The van der Waals surface area contributed by atoms with Gasteiger partial charge in [0.05, 0.1) is 17.7 Å². The van der Waals surface area contributed by atoms with E-state index >= 15 is 0 Å². The van der Waals surface area contributed by atoms with Gasteiger partial charge in [0.25, 0.3) is 5.56 Å². The molecule has 10 heteroatoms. The number of carbonyl (C=O) groups is 1. The number of hydrogen-bond acceptors (Lipinski definition) is 8. The molecule has 0 unspecified atom stereocenters. The Morgan fingerprint density at radius 1 is 1.21 bits per heavy atom. The van der Waals surface area contributed by atoms with E-state index in [0.29, 0.717) is 23.5 Å². The molecule has 0 spiro atoms. The van der Waals surface area contributed by atoms with Gasteiger partial charge in [-0.05, 0) is 42.3 Å². The maximum absolute atomic E-state index is 12.1. The Morgan fingerprint density at radius 3 is 2.52 bits per heavy atom. The van der Waals surface area contributed by atoms with Crippen LogP contribution in [0.1, 0.15) is 17.3 Å². The highest BCUT2D eigenvalue weighted by atomic mass is 16.5. The van der Waals surface area contributed by atoms with E-state index in [9.17, 15) is 9.59 Å². The van der Waals surface area contributed by atoms with Crippen LogP contribution in [0.2, 0.25) is 0 Å². The monoisotopic (exact) mass is 396 g/mol. The van der Waals surface area contributed by atoms with Crippen molar-refractivity contribution in [3.05, 3.63) is 52.3 Å². The Labute approximate surface area is 165 Å². The van der Waals surface area contributed by atoms with Crippen LogP contribution in [0.4, 0.5) is 17.2 Å². The molecule has 9 N–H and O–H groups in total. The molecule has 3 rings (SSSR count). The topological polar surface area (TPSA) is 182 Å². The summed E-state index contributed by atoms with van der Waals surface area (Å²) in [6.45, 7) is 2.19. The second kappa shape index (κ2) is 7.90. The van der Waals surface area contributed by atoms with Crippen LogP contribution in [0.3, 0.4) is 0 Å². The summed E-state index contributed by atoms with van der Waals surface area (Å²) in [6.07, 6.45) is 0. The number of aromatic carboxylic acids is 1. The van der Waals surface area contributed by atoms with Crippen LogP contribution >= 0.6 is 0 Å². The Bertz CT molecular complexity index is 1140. The summed E-state index contributed by atoms with van der Waals surface area (Å²) < 4.78 is 5.72. The summed E-state index contributed by atoms with van der Waals surface area (Å²) >= 11 is 0. The number of nitrogen functional groups attached to an aromatic ring is 3. The van der Waals surface area contributed by atoms with Crippen LogP contribution in [0, 0.1) is 0 Å². The summed E-state index contributed by atoms with van der Waals surface area (Å²) in [5.41, 5.74) is 15.3. The number of hydrazine groups is 1. The number of carboxylic acid groups (broad SMARTS) is 1. The van der Waals surface area contributed by atoms with Gasteiger partial charge in [-0.25, -0.2) is 15.6 Å². The molecule has 1 aromatic heterocycles. The van der Waals surface area contributed by atoms with Gasteiger partial charge in [0, 0.05) is 5.69 Å². The quantitative estimate of drug-likeness (QED) is 0.205. The molecule has 0 amide bonds. The number of carboxylic acids is 1. The van der Waals surface area contributed by atoms with E-state index in [-0.39, 0.29) is 28.6 Å². The Kier molecular flexibility index (Phi) is 5.37. The van der Waals surface area contributed by atoms with Crippen molar-refractivity contribution in [1.82, 2.24) is 9.97 Å².